The summed E-state index contributed by atoms with van der Waals surface area (Å²) in [7, 11) is 0. The monoisotopic (exact) mass is 270 g/mol. The van der Waals surface area contributed by atoms with Gasteiger partial charge in [0, 0.05) is 18.1 Å². The van der Waals surface area contributed by atoms with Crippen LogP contribution in [0.1, 0.15) is 59.8 Å². The number of hydrogen-bond acceptors (Lipinski definition) is 3. The summed E-state index contributed by atoms with van der Waals surface area (Å²) < 4.78 is 0. The number of rotatable bonds is 5. The summed E-state index contributed by atoms with van der Waals surface area (Å²) in [5, 5.41) is 9.26. The Hall–Kier alpha value is -0.610. The van der Waals surface area contributed by atoms with Crippen LogP contribution in [0.25, 0.3) is 0 Å². The molecule has 19 heavy (non-hydrogen) atoms. The molecule has 1 saturated carbocycles. The number of aliphatic hydroxyl groups excluding tert-OH is 1. The molecule has 0 heterocycles. The zero-order valence-corrected chi connectivity index (χ0v) is 12.9. The van der Waals surface area contributed by atoms with E-state index in [2.05, 4.69) is 0 Å². The summed E-state index contributed by atoms with van der Waals surface area (Å²) in [5.41, 5.74) is 4.97. The average molecular weight is 270 g/mol. The van der Waals surface area contributed by atoms with E-state index in [1.165, 1.54) is 19.3 Å². The van der Waals surface area contributed by atoms with Crippen molar-refractivity contribution in [3.8, 4) is 0 Å². The van der Waals surface area contributed by atoms with E-state index in [-0.39, 0.29) is 18.6 Å². The highest BCUT2D eigenvalue weighted by Crippen LogP contribution is 2.33. The van der Waals surface area contributed by atoms with Gasteiger partial charge in [0.05, 0.1) is 12.0 Å². The molecule has 0 radical (unpaired) electrons. The lowest BCUT2D eigenvalue weighted by atomic mass is 9.73. The Labute approximate surface area is 117 Å². The van der Waals surface area contributed by atoms with Gasteiger partial charge in [-0.25, -0.2) is 0 Å². The fraction of sp³-hybridized carbons (Fsp3) is 0.933. The zero-order valence-electron chi connectivity index (χ0n) is 12.9. The second-order valence-electron chi connectivity index (χ2n) is 6.86. The number of hydrogen-bond donors (Lipinski definition) is 2. The van der Waals surface area contributed by atoms with Gasteiger partial charge in [0.25, 0.3) is 0 Å². The summed E-state index contributed by atoms with van der Waals surface area (Å²) in [6, 6.07) is 0.273. The van der Waals surface area contributed by atoms with Crippen molar-refractivity contribution >= 4 is 5.91 Å². The third-order valence-electron chi connectivity index (χ3n) is 4.76. The van der Waals surface area contributed by atoms with Crippen LogP contribution in [0.4, 0.5) is 0 Å². The minimum atomic E-state index is -0.625. The summed E-state index contributed by atoms with van der Waals surface area (Å²) in [5.74, 6) is 0.0703. The third kappa shape index (κ3) is 3.69. The number of carbonyl (C=O) groups excluding carboxylic acids is 1. The first kappa shape index (κ1) is 16.4. The molecule has 0 aromatic rings. The molecule has 1 aliphatic carbocycles. The standard InChI is InChI=1S/C15H30N2O2/c1-14(2,15(3,4)16)13(19)17(10-11-18)12-8-6-5-7-9-12/h12,18H,5-11,16H2,1-4H3. The Morgan fingerprint density at radius 1 is 1.21 bits per heavy atom. The van der Waals surface area contributed by atoms with Crippen LogP contribution in [0.5, 0.6) is 0 Å². The van der Waals surface area contributed by atoms with E-state index in [0.717, 1.165) is 12.8 Å². The molecule has 1 amide bonds. The number of amides is 1. The Morgan fingerprint density at radius 2 is 1.74 bits per heavy atom. The predicted octanol–water partition coefficient (Wildman–Crippen LogP) is 1.90. The number of carbonyl (C=O) groups is 1. The van der Waals surface area contributed by atoms with Crippen molar-refractivity contribution in [1.82, 2.24) is 4.90 Å². The van der Waals surface area contributed by atoms with Gasteiger partial charge in [0.15, 0.2) is 0 Å². The Kier molecular flexibility index (Phi) is 5.39. The van der Waals surface area contributed by atoms with E-state index in [0.29, 0.717) is 6.54 Å². The minimum Gasteiger partial charge on any atom is -0.395 e. The van der Waals surface area contributed by atoms with Crippen molar-refractivity contribution in [3.63, 3.8) is 0 Å². The smallest absolute Gasteiger partial charge is 0.230 e. The molecule has 0 unspecified atom stereocenters. The summed E-state index contributed by atoms with van der Waals surface area (Å²) in [6.45, 7) is 8.03. The van der Waals surface area contributed by atoms with Gasteiger partial charge in [-0.1, -0.05) is 19.3 Å². The predicted molar refractivity (Wildman–Crippen MR) is 77.7 cm³/mol. The molecule has 0 aromatic heterocycles. The first-order valence-corrected chi connectivity index (χ1v) is 7.42. The first-order chi connectivity index (χ1) is 8.71. The fourth-order valence-corrected chi connectivity index (χ4v) is 2.59. The summed E-state index contributed by atoms with van der Waals surface area (Å²) in [4.78, 5) is 14.7. The van der Waals surface area contributed by atoms with Crippen molar-refractivity contribution in [2.75, 3.05) is 13.2 Å². The molecule has 112 valence electrons. The van der Waals surface area contributed by atoms with Gasteiger partial charge in [0.1, 0.15) is 0 Å². The molecule has 0 bridgehead atoms. The maximum atomic E-state index is 12.8. The second-order valence-corrected chi connectivity index (χ2v) is 6.86. The van der Waals surface area contributed by atoms with Gasteiger partial charge < -0.3 is 15.7 Å². The Morgan fingerprint density at radius 3 is 2.16 bits per heavy atom. The molecule has 0 saturated heterocycles. The van der Waals surface area contributed by atoms with Crippen molar-refractivity contribution in [2.24, 2.45) is 11.1 Å². The number of nitrogens with zero attached hydrogens (tertiary/aromatic N) is 1. The van der Waals surface area contributed by atoms with Crippen LogP contribution >= 0.6 is 0 Å². The summed E-state index contributed by atoms with van der Waals surface area (Å²) >= 11 is 0. The van der Waals surface area contributed by atoms with Crippen LogP contribution in [0.15, 0.2) is 0 Å². The molecule has 0 spiro atoms. The van der Waals surface area contributed by atoms with Gasteiger partial charge in [0.2, 0.25) is 5.91 Å². The number of aliphatic hydroxyl groups is 1. The van der Waals surface area contributed by atoms with Crippen molar-refractivity contribution < 1.29 is 9.90 Å². The molecule has 1 aliphatic rings. The highest BCUT2D eigenvalue weighted by molar-refractivity contribution is 5.83. The van der Waals surface area contributed by atoms with Crippen LogP contribution in [0, 0.1) is 5.41 Å². The van der Waals surface area contributed by atoms with Gasteiger partial charge in [-0.05, 0) is 40.5 Å². The van der Waals surface area contributed by atoms with E-state index < -0.39 is 11.0 Å². The highest BCUT2D eigenvalue weighted by Gasteiger charge is 2.44. The molecule has 3 N–H and O–H groups in total. The second kappa shape index (κ2) is 6.23. The first-order valence-electron chi connectivity index (χ1n) is 7.42. The summed E-state index contributed by atoms with van der Waals surface area (Å²) in [6.07, 6.45) is 5.70. The van der Waals surface area contributed by atoms with Crippen molar-refractivity contribution in [2.45, 2.75) is 71.4 Å². The normalized spacial score (nSPS) is 18.4. The lowest BCUT2D eigenvalue weighted by Crippen LogP contribution is -2.58. The van der Waals surface area contributed by atoms with Crippen LogP contribution in [0.2, 0.25) is 0 Å². The lowest BCUT2D eigenvalue weighted by molar-refractivity contribution is -0.147. The number of nitrogens with two attached hydrogens (primary N) is 1. The van der Waals surface area contributed by atoms with Gasteiger partial charge in [-0.3, -0.25) is 4.79 Å². The third-order valence-corrected chi connectivity index (χ3v) is 4.76. The topological polar surface area (TPSA) is 66.6 Å². The molecule has 1 fully saturated rings. The van der Waals surface area contributed by atoms with E-state index in [4.69, 9.17) is 5.73 Å². The lowest BCUT2D eigenvalue weighted by Gasteiger charge is -2.44. The quantitative estimate of drug-likeness (QED) is 0.802. The van der Waals surface area contributed by atoms with Crippen molar-refractivity contribution in [3.05, 3.63) is 0 Å². The molecule has 0 atom stereocenters. The largest absolute Gasteiger partial charge is 0.395 e. The van der Waals surface area contributed by atoms with E-state index in [1.54, 1.807) is 0 Å². The average Bonchev–Trinajstić information content (AvgIpc) is 2.34. The van der Waals surface area contributed by atoms with Gasteiger partial charge in [-0.15, -0.1) is 0 Å². The maximum absolute atomic E-state index is 12.8. The minimum absolute atomic E-state index is 0.0172. The van der Waals surface area contributed by atoms with E-state index >= 15 is 0 Å². The molecule has 4 nitrogen and oxygen atoms in total. The molecule has 0 aromatic carbocycles. The molecular weight excluding hydrogens is 240 g/mol. The maximum Gasteiger partial charge on any atom is 0.230 e. The van der Waals surface area contributed by atoms with Crippen LogP contribution in [0.3, 0.4) is 0 Å². The Balaban J connectivity index is 2.88. The van der Waals surface area contributed by atoms with Crippen LogP contribution in [-0.4, -0.2) is 40.6 Å². The SMILES string of the molecule is CC(C)(N)C(C)(C)C(=O)N(CCO)C1CCCCC1. The zero-order chi connectivity index (χ0) is 14.7. The van der Waals surface area contributed by atoms with E-state index in [1.807, 2.05) is 32.6 Å². The molecule has 1 rings (SSSR count). The van der Waals surface area contributed by atoms with Crippen LogP contribution < -0.4 is 5.73 Å². The molecular formula is C15H30N2O2. The molecule has 4 heteroatoms. The fourth-order valence-electron chi connectivity index (χ4n) is 2.59. The van der Waals surface area contributed by atoms with Gasteiger partial charge >= 0.3 is 0 Å². The molecule has 0 aliphatic heterocycles. The highest BCUT2D eigenvalue weighted by atomic mass is 16.3. The van der Waals surface area contributed by atoms with Gasteiger partial charge in [-0.2, -0.15) is 0 Å². The van der Waals surface area contributed by atoms with Crippen molar-refractivity contribution in [1.29, 1.82) is 0 Å². The van der Waals surface area contributed by atoms with Crippen LogP contribution in [-0.2, 0) is 4.79 Å². The Bertz CT molecular complexity index is 302. The van der Waals surface area contributed by atoms with E-state index in [9.17, 15) is 9.90 Å².